The molecule has 2 aromatic heterocycles. The molecular weight excluding hydrogens is 440 g/mol. The molecule has 9 heteroatoms. The number of hydrogen-bond donors (Lipinski definition) is 1. The number of phenols is 1. The van der Waals surface area contributed by atoms with Gasteiger partial charge in [-0.05, 0) is 42.0 Å². The standard InChI is InChI=1S/C25H29F2N5O2/c1-4-15-6-5-7-19(26)20(10-15)32(2)23-14-28-25(31-30-23)18-9-8-16(11-21(18)33)17-12-22(27)29-24(13-17)34-3/h8-9,11-15,19-20,33H,4-7,10H2,1-3H3/t15-,19+,20-/m1/s1. The maximum absolute atomic E-state index is 14.8. The van der Waals surface area contributed by atoms with Gasteiger partial charge in [-0.3, -0.25) is 0 Å². The van der Waals surface area contributed by atoms with Crippen LogP contribution in [0, 0.1) is 11.9 Å². The largest absolute Gasteiger partial charge is 0.507 e. The van der Waals surface area contributed by atoms with Crippen LogP contribution in [-0.4, -0.2) is 51.6 Å². The van der Waals surface area contributed by atoms with Crippen molar-refractivity contribution < 1.29 is 18.6 Å². The summed E-state index contributed by atoms with van der Waals surface area (Å²) in [6, 6.07) is 7.43. The third kappa shape index (κ3) is 5.08. The fraction of sp³-hybridized carbons (Fsp3) is 0.440. The van der Waals surface area contributed by atoms with Crippen LogP contribution < -0.4 is 9.64 Å². The molecule has 180 valence electrons. The van der Waals surface area contributed by atoms with E-state index in [0.29, 0.717) is 34.8 Å². The van der Waals surface area contributed by atoms with Gasteiger partial charge in [0.15, 0.2) is 11.6 Å². The van der Waals surface area contributed by atoms with Gasteiger partial charge in [0.05, 0.1) is 24.9 Å². The number of anilines is 1. The van der Waals surface area contributed by atoms with E-state index in [1.807, 2.05) is 11.9 Å². The molecule has 0 radical (unpaired) electrons. The summed E-state index contributed by atoms with van der Waals surface area (Å²) in [7, 11) is 3.23. The SMILES string of the molecule is CC[C@@H]1CCC[C@H](F)[C@H](N(C)c2cnc(-c3ccc(-c4cc(F)nc(OC)c4)cc3O)nn2)C1. The first-order valence-electron chi connectivity index (χ1n) is 11.5. The number of pyridine rings is 1. The second-order valence-corrected chi connectivity index (χ2v) is 8.73. The Morgan fingerprint density at radius 1 is 1.15 bits per heavy atom. The Bertz CT molecular complexity index is 1130. The number of nitrogens with zero attached hydrogens (tertiary/aromatic N) is 5. The highest BCUT2D eigenvalue weighted by Crippen LogP contribution is 2.34. The van der Waals surface area contributed by atoms with E-state index in [2.05, 4.69) is 27.1 Å². The second kappa shape index (κ2) is 10.3. The number of ether oxygens (including phenoxy) is 1. The van der Waals surface area contributed by atoms with Gasteiger partial charge in [-0.15, -0.1) is 10.2 Å². The lowest BCUT2D eigenvalue weighted by atomic mass is 9.94. The molecule has 0 bridgehead atoms. The van der Waals surface area contributed by atoms with Crippen LogP contribution in [0.2, 0.25) is 0 Å². The molecule has 1 aliphatic carbocycles. The van der Waals surface area contributed by atoms with E-state index in [-0.39, 0.29) is 23.5 Å². The summed E-state index contributed by atoms with van der Waals surface area (Å²) in [5.74, 6) is 0.611. The van der Waals surface area contributed by atoms with Crippen molar-refractivity contribution in [3.63, 3.8) is 0 Å². The number of phenolic OH excluding ortho intramolecular Hbond substituents is 1. The molecule has 34 heavy (non-hydrogen) atoms. The normalized spacial score (nSPS) is 20.6. The molecule has 0 saturated heterocycles. The van der Waals surface area contributed by atoms with Gasteiger partial charge >= 0.3 is 0 Å². The minimum Gasteiger partial charge on any atom is -0.507 e. The van der Waals surface area contributed by atoms with Gasteiger partial charge in [0.2, 0.25) is 11.8 Å². The van der Waals surface area contributed by atoms with Gasteiger partial charge in [0.25, 0.3) is 0 Å². The summed E-state index contributed by atoms with van der Waals surface area (Å²) in [5, 5.41) is 19.0. The Kier molecular flexibility index (Phi) is 7.19. The lowest BCUT2D eigenvalue weighted by molar-refractivity contribution is 0.253. The number of halogens is 2. The first-order chi connectivity index (χ1) is 16.4. The van der Waals surface area contributed by atoms with Crippen LogP contribution in [-0.2, 0) is 0 Å². The van der Waals surface area contributed by atoms with Crippen molar-refractivity contribution in [2.24, 2.45) is 5.92 Å². The van der Waals surface area contributed by atoms with Crippen LogP contribution in [0.4, 0.5) is 14.6 Å². The maximum atomic E-state index is 14.8. The van der Waals surface area contributed by atoms with E-state index >= 15 is 0 Å². The molecule has 0 aliphatic heterocycles. The molecule has 7 nitrogen and oxygen atoms in total. The zero-order valence-electron chi connectivity index (χ0n) is 19.6. The predicted molar refractivity (Wildman–Crippen MR) is 126 cm³/mol. The van der Waals surface area contributed by atoms with Crippen LogP contribution in [0.3, 0.4) is 0 Å². The van der Waals surface area contributed by atoms with Crippen LogP contribution in [0.25, 0.3) is 22.5 Å². The summed E-state index contributed by atoms with van der Waals surface area (Å²) in [6.45, 7) is 2.15. The van der Waals surface area contributed by atoms with Gasteiger partial charge in [-0.25, -0.2) is 9.37 Å². The number of aromatic nitrogens is 4. The first kappa shape index (κ1) is 23.8. The number of rotatable bonds is 6. The minimum absolute atomic E-state index is 0.0741. The molecular formula is C25H29F2N5O2. The monoisotopic (exact) mass is 469 g/mol. The van der Waals surface area contributed by atoms with Crippen molar-refractivity contribution >= 4 is 5.82 Å². The average molecular weight is 470 g/mol. The van der Waals surface area contributed by atoms with Gasteiger partial charge < -0.3 is 14.7 Å². The van der Waals surface area contributed by atoms with Crippen molar-refractivity contribution in [2.75, 3.05) is 19.1 Å². The third-order valence-corrected chi connectivity index (χ3v) is 6.62. The summed E-state index contributed by atoms with van der Waals surface area (Å²) in [4.78, 5) is 9.83. The topological polar surface area (TPSA) is 84.3 Å². The third-order valence-electron chi connectivity index (χ3n) is 6.62. The quantitative estimate of drug-likeness (QED) is 0.392. The van der Waals surface area contributed by atoms with E-state index < -0.39 is 12.1 Å². The smallest absolute Gasteiger partial charge is 0.216 e. The lowest BCUT2D eigenvalue weighted by Crippen LogP contribution is -2.40. The fourth-order valence-corrected chi connectivity index (χ4v) is 4.54. The molecule has 0 unspecified atom stereocenters. The maximum Gasteiger partial charge on any atom is 0.216 e. The number of alkyl halides is 1. The van der Waals surface area contributed by atoms with Crippen molar-refractivity contribution in [2.45, 2.75) is 51.2 Å². The number of methoxy groups -OCH3 is 1. The van der Waals surface area contributed by atoms with Gasteiger partial charge in [-0.1, -0.05) is 32.3 Å². The van der Waals surface area contributed by atoms with Crippen LogP contribution >= 0.6 is 0 Å². The molecule has 2 heterocycles. The van der Waals surface area contributed by atoms with E-state index in [1.54, 1.807) is 24.4 Å². The lowest BCUT2D eigenvalue weighted by Gasteiger charge is -2.31. The fourth-order valence-electron chi connectivity index (χ4n) is 4.54. The Morgan fingerprint density at radius 2 is 1.97 bits per heavy atom. The number of benzene rings is 1. The molecule has 1 N–H and O–H groups in total. The van der Waals surface area contributed by atoms with Crippen molar-refractivity contribution in [3.8, 4) is 34.1 Å². The highest BCUT2D eigenvalue weighted by molar-refractivity contribution is 5.73. The summed E-state index contributed by atoms with van der Waals surface area (Å²) in [6.07, 6.45) is 4.96. The van der Waals surface area contributed by atoms with Crippen LogP contribution in [0.5, 0.6) is 11.6 Å². The molecule has 1 aliphatic rings. The van der Waals surface area contributed by atoms with E-state index in [1.165, 1.54) is 19.2 Å². The zero-order valence-corrected chi connectivity index (χ0v) is 19.6. The first-order valence-corrected chi connectivity index (χ1v) is 11.5. The molecule has 4 rings (SSSR count). The Labute approximate surface area is 197 Å². The highest BCUT2D eigenvalue weighted by atomic mass is 19.1. The van der Waals surface area contributed by atoms with Crippen LogP contribution in [0.1, 0.15) is 39.0 Å². The summed E-state index contributed by atoms with van der Waals surface area (Å²) in [5.41, 5.74) is 1.48. The Hall–Kier alpha value is -3.36. The minimum atomic E-state index is -0.920. The predicted octanol–water partition coefficient (Wildman–Crippen LogP) is 5.20. The Balaban J connectivity index is 1.55. The molecule has 1 aromatic carbocycles. The van der Waals surface area contributed by atoms with E-state index in [9.17, 15) is 13.9 Å². The summed E-state index contributed by atoms with van der Waals surface area (Å²) < 4.78 is 33.6. The molecule has 0 amide bonds. The Morgan fingerprint density at radius 3 is 2.65 bits per heavy atom. The zero-order chi connectivity index (χ0) is 24.2. The number of hydrogen-bond acceptors (Lipinski definition) is 7. The average Bonchev–Trinajstić information content (AvgIpc) is 3.04. The van der Waals surface area contributed by atoms with Gasteiger partial charge in [-0.2, -0.15) is 9.37 Å². The molecule has 3 atom stereocenters. The van der Waals surface area contributed by atoms with Gasteiger partial charge in [0, 0.05) is 19.2 Å². The molecule has 3 aromatic rings. The van der Waals surface area contributed by atoms with Crippen molar-refractivity contribution in [1.82, 2.24) is 20.2 Å². The summed E-state index contributed by atoms with van der Waals surface area (Å²) >= 11 is 0. The molecule has 1 fully saturated rings. The molecule has 0 spiro atoms. The van der Waals surface area contributed by atoms with E-state index in [0.717, 1.165) is 25.7 Å². The molecule has 1 saturated carbocycles. The van der Waals surface area contributed by atoms with E-state index in [4.69, 9.17) is 4.74 Å². The number of aromatic hydroxyl groups is 1. The second-order valence-electron chi connectivity index (χ2n) is 8.73. The van der Waals surface area contributed by atoms with Crippen molar-refractivity contribution in [3.05, 3.63) is 42.5 Å². The van der Waals surface area contributed by atoms with Gasteiger partial charge in [0.1, 0.15) is 11.9 Å². The van der Waals surface area contributed by atoms with Crippen molar-refractivity contribution in [1.29, 1.82) is 0 Å². The van der Waals surface area contributed by atoms with Crippen LogP contribution in [0.15, 0.2) is 36.5 Å². The highest BCUT2D eigenvalue weighted by Gasteiger charge is 2.31.